The van der Waals surface area contributed by atoms with Crippen LogP contribution in [0.25, 0.3) is 0 Å². The number of carbonyl (C=O) groups excluding carboxylic acids is 2. The highest BCUT2D eigenvalue weighted by molar-refractivity contribution is 9.11. The SMILES string of the molecule is CC(=O)Nc1c(Br)cc(Br)cc1C(=O)Nc1ccc(C)c(C)c1. The molecule has 0 aliphatic rings. The van der Waals surface area contributed by atoms with Gasteiger partial charge in [-0.3, -0.25) is 9.59 Å². The minimum absolute atomic E-state index is 0.242. The molecule has 0 atom stereocenters. The van der Waals surface area contributed by atoms with Gasteiger partial charge in [0.2, 0.25) is 5.91 Å². The van der Waals surface area contributed by atoms with Crippen molar-refractivity contribution in [3.05, 3.63) is 56.0 Å². The molecule has 0 saturated heterocycles. The molecular weight excluding hydrogens is 424 g/mol. The van der Waals surface area contributed by atoms with E-state index < -0.39 is 0 Å². The van der Waals surface area contributed by atoms with Crippen molar-refractivity contribution in [2.24, 2.45) is 0 Å². The summed E-state index contributed by atoms with van der Waals surface area (Å²) >= 11 is 6.74. The van der Waals surface area contributed by atoms with Gasteiger partial charge in [-0.25, -0.2) is 0 Å². The van der Waals surface area contributed by atoms with E-state index in [2.05, 4.69) is 42.5 Å². The van der Waals surface area contributed by atoms with Crippen molar-refractivity contribution < 1.29 is 9.59 Å². The summed E-state index contributed by atoms with van der Waals surface area (Å²) < 4.78 is 1.37. The molecule has 0 unspecified atom stereocenters. The maximum absolute atomic E-state index is 12.6. The molecule has 120 valence electrons. The first kappa shape index (κ1) is 17.7. The van der Waals surface area contributed by atoms with Crippen molar-refractivity contribution in [2.75, 3.05) is 10.6 Å². The summed E-state index contributed by atoms with van der Waals surface area (Å²) in [7, 11) is 0. The Balaban J connectivity index is 2.37. The zero-order valence-electron chi connectivity index (χ0n) is 13.0. The first-order valence-corrected chi connectivity index (χ1v) is 8.51. The largest absolute Gasteiger partial charge is 0.325 e. The summed E-state index contributed by atoms with van der Waals surface area (Å²) in [6, 6.07) is 9.17. The molecule has 2 N–H and O–H groups in total. The highest BCUT2D eigenvalue weighted by Crippen LogP contribution is 2.31. The third-order valence-electron chi connectivity index (χ3n) is 3.37. The van der Waals surface area contributed by atoms with Crippen LogP contribution >= 0.6 is 31.9 Å². The molecule has 4 nitrogen and oxygen atoms in total. The molecule has 0 spiro atoms. The van der Waals surface area contributed by atoms with Crippen LogP contribution in [0, 0.1) is 13.8 Å². The lowest BCUT2D eigenvalue weighted by molar-refractivity contribution is -0.114. The standard InChI is InChI=1S/C17H16Br2N2O2/c1-9-4-5-13(6-10(9)2)21-17(23)14-7-12(18)8-15(19)16(14)20-11(3)22/h4-8H,1-3H3,(H,20,22)(H,21,23). The summed E-state index contributed by atoms with van der Waals surface area (Å²) in [5, 5.41) is 5.55. The van der Waals surface area contributed by atoms with Crippen molar-refractivity contribution >= 4 is 55.0 Å². The Morgan fingerprint density at radius 1 is 0.957 bits per heavy atom. The van der Waals surface area contributed by atoms with Crippen molar-refractivity contribution in [3.63, 3.8) is 0 Å². The van der Waals surface area contributed by atoms with Crippen LogP contribution < -0.4 is 10.6 Å². The van der Waals surface area contributed by atoms with Crippen LogP contribution in [0.5, 0.6) is 0 Å². The Hall–Kier alpha value is -1.66. The highest BCUT2D eigenvalue weighted by atomic mass is 79.9. The van der Waals surface area contributed by atoms with Crippen LogP contribution in [0.1, 0.15) is 28.4 Å². The molecule has 0 aromatic heterocycles. The van der Waals surface area contributed by atoms with Gasteiger partial charge in [-0.05, 0) is 65.2 Å². The lowest BCUT2D eigenvalue weighted by Gasteiger charge is -2.14. The minimum atomic E-state index is -0.293. The van der Waals surface area contributed by atoms with E-state index in [1.807, 2.05) is 32.0 Å². The molecule has 2 aromatic carbocycles. The Bertz CT molecular complexity index is 788. The number of benzene rings is 2. The first-order valence-electron chi connectivity index (χ1n) is 6.93. The van der Waals surface area contributed by atoms with Crippen LogP contribution in [-0.4, -0.2) is 11.8 Å². The van der Waals surface area contributed by atoms with E-state index in [9.17, 15) is 9.59 Å². The average molecular weight is 440 g/mol. The van der Waals surface area contributed by atoms with Gasteiger partial charge in [0.1, 0.15) is 0 Å². The molecule has 0 heterocycles. The second-order valence-corrected chi connectivity index (χ2v) is 7.01. The molecule has 0 bridgehead atoms. The molecule has 23 heavy (non-hydrogen) atoms. The Morgan fingerprint density at radius 2 is 1.65 bits per heavy atom. The minimum Gasteiger partial charge on any atom is -0.325 e. The summed E-state index contributed by atoms with van der Waals surface area (Å²) in [5.74, 6) is -0.535. The third kappa shape index (κ3) is 4.42. The number of hydrogen-bond acceptors (Lipinski definition) is 2. The van der Waals surface area contributed by atoms with Gasteiger partial charge in [0.15, 0.2) is 0 Å². The number of amides is 2. The zero-order valence-corrected chi connectivity index (χ0v) is 16.1. The summed E-state index contributed by atoms with van der Waals surface area (Å²) in [4.78, 5) is 24.0. The lowest BCUT2D eigenvalue weighted by atomic mass is 10.1. The van der Waals surface area contributed by atoms with E-state index in [-0.39, 0.29) is 11.8 Å². The van der Waals surface area contributed by atoms with E-state index in [0.717, 1.165) is 15.6 Å². The maximum atomic E-state index is 12.6. The van der Waals surface area contributed by atoms with Gasteiger partial charge in [-0.1, -0.05) is 22.0 Å². The third-order valence-corrected chi connectivity index (χ3v) is 4.45. The van der Waals surface area contributed by atoms with Gasteiger partial charge in [0.25, 0.3) is 5.91 Å². The fourth-order valence-corrected chi connectivity index (χ4v) is 3.40. The Labute approximate surface area is 151 Å². The molecule has 0 aliphatic carbocycles. The van der Waals surface area contributed by atoms with Crippen molar-refractivity contribution in [1.29, 1.82) is 0 Å². The van der Waals surface area contributed by atoms with Crippen LogP contribution in [0.4, 0.5) is 11.4 Å². The van der Waals surface area contributed by atoms with Crippen LogP contribution in [0.15, 0.2) is 39.3 Å². The fourth-order valence-electron chi connectivity index (χ4n) is 2.07. The van der Waals surface area contributed by atoms with Crippen molar-refractivity contribution in [2.45, 2.75) is 20.8 Å². The average Bonchev–Trinajstić information content (AvgIpc) is 2.45. The Morgan fingerprint density at radius 3 is 2.26 bits per heavy atom. The van der Waals surface area contributed by atoms with Crippen LogP contribution in [0.3, 0.4) is 0 Å². The highest BCUT2D eigenvalue weighted by Gasteiger charge is 2.17. The second-order valence-electron chi connectivity index (χ2n) is 5.24. The molecule has 0 aliphatic heterocycles. The number of rotatable bonds is 3. The van der Waals surface area contributed by atoms with Gasteiger partial charge >= 0.3 is 0 Å². The molecule has 6 heteroatoms. The first-order chi connectivity index (χ1) is 10.8. The van der Waals surface area contributed by atoms with E-state index in [1.54, 1.807) is 12.1 Å². The number of halogens is 2. The number of carbonyl (C=O) groups is 2. The topological polar surface area (TPSA) is 58.2 Å². The van der Waals surface area contributed by atoms with Crippen molar-refractivity contribution in [3.8, 4) is 0 Å². The van der Waals surface area contributed by atoms with Crippen LogP contribution in [0.2, 0.25) is 0 Å². The molecule has 2 aromatic rings. The van der Waals surface area contributed by atoms with Gasteiger partial charge < -0.3 is 10.6 Å². The van der Waals surface area contributed by atoms with Gasteiger partial charge in [0, 0.05) is 21.6 Å². The van der Waals surface area contributed by atoms with Gasteiger partial charge in [0.05, 0.1) is 11.3 Å². The maximum Gasteiger partial charge on any atom is 0.257 e. The van der Waals surface area contributed by atoms with E-state index >= 15 is 0 Å². The fraction of sp³-hybridized carbons (Fsp3) is 0.176. The molecule has 2 amide bonds. The monoisotopic (exact) mass is 438 g/mol. The molecule has 0 fully saturated rings. The van der Waals surface area contributed by atoms with Crippen molar-refractivity contribution in [1.82, 2.24) is 0 Å². The summed E-state index contributed by atoms with van der Waals surface area (Å²) in [6.07, 6.45) is 0. The van der Waals surface area contributed by atoms with Crippen LogP contribution in [-0.2, 0) is 4.79 Å². The summed E-state index contributed by atoms with van der Waals surface area (Å²) in [6.45, 7) is 5.41. The number of hydrogen-bond donors (Lipinski definition) is 2. The number of anilines is 2. The lowest BCUT2D eigenvalue weighted by Crippen LogP contribution is -2.17. The molecular formula is C17H16Br2N2O2. The molecule has 2 rings (SSSR count). The predicted octanol–water partition coefficient (Wildman–Crippen LogP) is 5.04. The second kappa shape index (κ2) is 7.27. The van der Waals surface area contributed by atoms with Gasteiger partial charge in [-0.15, -0.1) is 0 Å². The number of nitrogens with one attached hydrogen (secondary N) is 2. The number of aryl methyl sites for hydroxylation is 2. The normalized spacial score (nSPS) is 10.3. The van der Waals surface area contributed by atoms with E-state index in [1.165, 1.54) is 6.92 Å². The molecule has 0 radical (unpaired) electrons. The summed E-state index contributed by atoms with van der Waals surface area (Å²) in [5.41, 5.74) is 3.79. The van der Waals surface area contributed by atoms with E-state index in [4.69, 9.17) is 0 Å². The quantitative estimate of drug-likeness (QED) is 0.703. The Kier molecular flexibility index (Phi) is 5.59. The smallest absolute Gasteiger partial charge is 0.257 e. The van der Waals surface area contributed by atoms with Gasteiger partial charge in [-0.2, -0.15) is 0 Å². The zero-order chi connectivity index (χ0) is 17.1. The molecule has 0 saturated carbocycles. The predicted molar refractivity (Wildman–Crippen MR) is 100 cm³/mol. The van der Waals surface area contributed by atoms with E-state index in [0.29, 0.717) is 21.4 Å².